The maximum absolute atomic E-state index is 6.40. The van der Waals surface area contributed by atoms with Gasteiger partial charge in [0.15, 0.2) is 0 Å². The minimum atomic E-state index is 0.0773. The van der Waals surface area contributed by atoms with Gasteiger partial charge in [0.05, 0.1) is 6.04 Å². The normalized spacial score (nSPS) is 30.8. The van der Waals surface area contributed by atoms with E-state index in [1.165, 1.54) is 31.2 Å². The van der Waals surface area contributed by atoms with Crippen molar-refractivity contribution < 1.29 is 0 Å². The molecule has 0 amide bonds. The molecule has 1 aromatic rings. The number of nitrogens with two attached hydrogens (primary N) is 1. The van der Waals surface area contributed by atoms with Crippen LogP contribution in [0.1, 0.15) is 44.2 Å². The van der Waals surface area contributed by atoms with Gasteiger partial charge in [-0.3, -0.25) is 4.90 Å². The molecule has 1 aromatic carbocycles. The predicted molar refractivity (Wildman–Crippen MR) is 89.4 cm³/mol. The molecule has 2 nitrogen and oxygen atoms in total. The van der Waals surface area contributed by atoms with Crippen LogP contribution in [-0.4, -0.2) is 24.5 Å². The Morgan fingerprint density at radius 3 is 2.62 bits per heavy atom. The topological polar surface area (TPSA) is 29.3 Å². The van der Waals surface area contributed by atoms with Gasteiger partial charge in [-0.05, 0) is 62.6 Å². The molecule has 0 aromatic heterocycles. The lowest BCUT2D eigenvalue weighted by Gasteiger charge is -2.35. The van der Waals surface area contributed by atoms with Gasteiger partial charge in [0.2, 0.25) is 0 Å². The molecule has 0 heterocycles. The lowest BCUT2D eigenvalue weighted by atomic mass is 9.87. The largest absolute Gasteiger partial charge is 0.326 e. The van der Waals surface area contributed by atoms with E-state index >= 15 is 0 Å². The first kappa shape index (κ1) is 15.3. The first-order valence-corrected chi connectivity index (χ1v) is 8.64. The molecule has 2 bridgehead atoms. The number of rotatable bonds is 5. The third-order valence-corrected chi connectivity index (χ3v) is 5.95. The fraction of sp³-hybridized carbons (Fsp3) is 0.667. The predicted octanol–water partition coefficient (Wildman–Crippen LogP) is 4.10. The molecular formula is C18H27ClN2. The van der Waals surface area contributed by atoms with Gasteiger partial charge in [0.25, 0.3) is 0 Å². The molecular weight excluding hydrogens is 280 g/mol. The van der Waals surface area contributed by atoms with E-state index in [0.29, 0.717) is 0 Å². The van der Waals surface area contributed by atoms with Gasteiger partial charge in [-0.2, -0.15) is 0 Å². The minimum absolute atomic E-state index is 0.0773. The summed E-state index contributed by atoms with van der Waals surface area (Å²) in [5.74, 6) is 2.82. The van der Waals surface area contributed by atoms with E-state index in [1.807, 2.05) is 12.1 Å². The molecule has 2 saturated carbocycles. The molecule has 5 unspecified atom stereocenters. The molecule has 0 aliphatic heterocycles. The van der Waals surface area contributed by atoms with E-state index in [0.717, 1.165) is 29.3 Å². The Morgan fingerprint density at radius 1 is 1.29 bits per heavy atom. The van der Waals surface area contributed by atoms with Crippen molar-refractivity contribution in [2.45, 2.75) is 44.7 Å². The van der Waals surface area contributed by atoms with Gasteiger partial charge in [0.1, 0.15) is 0 Å². The standard InChI is InChI=1S/C18H27ClN2/c1-12(20)18(16-5-3-4-6-17(16)19)21(2)11-15-10-13-7-8-14(15)9-13/h3-6,12-15,18H,7-11,20H2,1-2H3. The molecule has 3 rings (SSSR count). The second-order valence-electron chi connectivity index (χ2n) is 7.20. The van der Waals surface area contributed by atoms with Crippen molar-refractivity contribution in [2.75, 3.05) is 13.6 Å². The maximum atomic E-state index is 6.40. The lowest BCUT2D eigenvalue weighted by molar-refractivity contribution is 0.158. The van der Waals surface area contributed by atoms with Crippen LogP contribution in [0.4, 0.5) is 0 Å². The van der Waals surface area contributed by atoms with Crippen molar-refractivity contribution >= 4 is 11.6 Å². The second kappa shape index (κ2) is 6.28. The SMILES string of the molecule is CC(N)C(c1ccccc1Cl)N(C)CC1CC2CCC1C2. The Kier molecular flexibility index (Phi) is 4.58. The monoisotopic (exact) mass is 306 g/mol. The quantitative estimate of drug-likeness (QED) is 0.887. The summed E-state index contributed by atoms with van der Waals surface area (Å²) in [7, 11) is 2.21. The summed E-state index contributed by atoms with van der Waals surface area (Å²) in [6, 6.07) is 8.42. The van der Waals surface area contributed by atoms with Crippen molar-refractivity contribution in [3.8, 4) is 0 Å². The third kappa shape index (κ3) is 3.13. The lowest BCUT2D eigenvalue weighted by Crippen LogP contribution is -2.40. The van der Waals surface area contributed by atoms with E-state index in [9.17, 15) is 0 Å². The Balaban J connectivity index is 1.73. The zero-order valence-electron chi connectivity index (χ0n) is 13.1. The molecule has 0 saturated heterocycles. The van der Waals surface area contributed by atoms with Crippen LogP contribution in [0.3, 0.4) is 0 Å². The van der Waals surface area contributed by atoms with Crippen LogP contribution in [0, 0.1) is 17.8 Å². The summed E-state index contributed by atoms with van der Waals surface area (Å²) in [6.45, 7) is 3.24. The number of fused-ring (bicyclic) bond motifs is 2. The smallest absolute Gasteiger partial charge is 0.0508 e. The van der Waals surface area contributed by atoms with E-state index in [1.54, 1.807) is 0 Å². The molecule has 2 aliphatic carbocycles. The van der Waals surface area contributed by atoms with E-state index in [-0.39, 0.29) is 12.1 Å². The number of benzene rings is 1. The van der Waals surface area contributed by atoms with Crippen LogP contribution >= 0.6 is 11.6 Å². The summed E-state index contributed by atoms with van der Waals surface area (Å²) in [5.41, 5.74) is 7.45. The number of halogens is 1. The highest BCUT2D eigenvalue weighted by atomic mass is 35.5. The molecule has 2 N–H and O–H groups in total. The summed E-state index contributed by atoms with van der Waals surface area (Å²) in [5, 5.41) is 0.833. The maximum Gasteiger partial charge on any atom is 0.0508 e. The van der Waals surface area contributed by atoms with Gasteiger partial charge in [0, 0.05) is 17.6 Å². The summed E-state index contributed by atoms with van der Waals surface area (Å²) in [4.78, 5) is 2.44. The Bertz CT molecular complexity index is 488. The summed E-state index contributed by atoms with van der Waals surface area (Å²) in [6.07, 6.45) is 5.79. The highest BCUT2D eigenvalue weighted by molar-refractivity contribution is 6.31. The van der Waals surface area contributed by atoms with Gasteiger partial charge in [-0.25, -0.2) is 0 Å². The van der Waals surface area contributed by atoms with Crippen molar-refractivity contribution in [1.82, 2.24) is 4.90 Å². The molecule has 0 spiro atoms. The molecule has 3 heteroatoms. The molecule has 2 aliphatic rings. The highest BCUT2D eigenvalue weighted by Crippen LogP contribution is 2.48. The molecule has 116 valence electrons. The van der Waals surface area contributed by atoms with Crippen LogP contribution in [0.5, 0.6) is 0 Å². The Hall–Kier alpha value is -0.570. The third-order valence-electron chi connectivity index (χ3n) is 5.60. The first-order valence-electron chi connectivity index (χ1n) is 8.26. The van der Waals surface area contributed by atoms with Gasteiger partial charge >= 0.3 is 0 Å². The average Bonchev–Trinajstić information content (AvgIpc) is 3.03. The summed E-state index contributed by atoms with van der Waals surface area (Å²) < 4.78 is 0. The first-order chi connectivity index (χ1) is 10.1. The van der Waals surface area contributed by atoms with Crippen LogP contribution < -0.4 is 5.73 Å². The van der Waals surface area contributed by atoms with E-state index < -0.39 is 0 Å². The van der Waals surface area contributed by atoms with Gasteiger partial charge in [-0.1, -0.05) is 36.2 Å². The molecule has 2 fully saturated rings. The second-order valence-corrected chi connectivity index (χ2v) is 7.61. The van der Waals surface area contributed by atoms with Gasteiger partial charge < -0.3 is 5.73 Å². The van der Waals surface area contributed by atoms with Crippen LogP contribution in [0.15, 0.2) is 24.3 Å². The number of hydrogen-bond donors (Lipinski definition) is 1. The molecule has 0 radical (unpaired) electrons. The molecule has 5 atom stereocenters. The number of nitrogens with zero attached hydrogens (tertiary/aromatic N) is 1. The zero-order chi connectivity index (χ0) is 15.0. The fourth-order valence-electron chi connectivity index (χ4n) is 4.72. The van der Waals surface area contributed by atoms with E-state index in [4.69, 9.17) is 17.3 Å². The van der Waals surface area contributed by atoms with Gasteiger partial charge in [-0.15, -0.1) is 0 Å². The highest BCUT2D eigenvalue weighted by Gasteiger charge is 2.40. The minimum Gasteiger partial charge on any atom is -0.326 e. The summed E-state index contributed by atoms with van der Waals surface area (Å²) >= 11 is 6.40. The van der Waals surface area contributed by atoms with Crippen molar-refractivity contribution in [2.24, 2.45) is 23.5 Å². The number of likely N-dealkylation sites (N-methyl/N-ethyl adjacent to an activating group) is 1. The average molecular weight is 307 g/mol. The van der Waals surface area contributed by atoms with Crippen LogP contribution in [0.25, 0.3) is 0 Å². The van der Waals surface area contributed by atoms with Crippen molar-refractivity contribution in [3.05, 3.63) is 34.9 Å². The zero-order valence-corrected chi connectivity index (χ0v) is 13.9. The van der Waals surface area contributed by atoms with Crippen molar-refractivity contribution in [3.63, 3.8) is 0 Å². The van der Waals surface area contributed by atoms with Crippen LogP contribution in [0.2, 0.25) is 5.02 Å². The van der Waals surface area contributed by atoms with Crippen LogP contribution in [-0.2, 0) is 0 Å². The Morgan fingerprint density at radius 2 is 2.05 bits per heavy atom. The Labute approximate surface area is 133 Å². The fourth-order valence-corrected chi connectivity index (χ4v) is 4.97. The van der Waals surface area contributed by atoms with E-state index in [2.05, 4.69) is 31.0 Å². The van der Waals surface area contributed by atoms with Crippen molar-refractivity contribution in [1.29, 1.82) is 0 Å². The molecule has 21 heavy (non-hydrogen) atoms. The number of hydrogen-bond acceptors (Lipinski definition) is 2.